The van der Waals surface area contributed by atoms with Gasteiger partial charge in [-0.1, -0.05) is 6.07 Å². The molecule has 14 heavy (non-hydrogen) atoms. The molecular weight excluding hydrogens is 202 g/mol. The summed E-state index contributed by atoms with van der Waals surface area (Å²) in [4.78, 5) is 0.182. The molecule has 0 radical (unpaired) electrons. The zero-order chi connectivity index (χ0) is 10.3. The van der Waals surface area contributed by atoms with E-state index in [0.717, 1.165) is 5.41 Å². The van der Waals surface area contributed by atoms with E-state index in [0.29, 0.717) is 16.8 Å². The average Bonchev–Trinajstić information content (AvgIpc) is 2.38. The molecule has 0 bridgehead atoms. The molecule has 0 spiro atoms. The number of nitrogens with two attached hydrogens (primary N) is 1. The van der Waals surface area contributed by atoms with Crippen molar-refractivity contribution < 1.29 is 13.5 Å². The molecule has 1 heterocycles. The van der Waals surface area contributed by atoms with E-state index in [1.165, 1.54) is 6.07 Å². The molecule has 0 fully saturated rings. The zero-order valence-corrected chi connectivity index (χ0v) is 8.08. The van der Waals surface area contributed by atoms with Gasteiger partial charge in [-0.25, -0.2) is 8.42 Å². The van der Waals surface area contributed by atoms with E-state index in [1.54, 1.807) is 12.1 Å². The number of anilines is 1. The maximum absolute atomic E-state index is 11.5. The first kappa shape index (κ1) is 9.23. The van der Waals surface area contributed by atoms with Crippen molar-refractivity contribution in [3.05, 3.63) is 29.2 Å². The topological polar surface area (TPSA) is 80.4 Å². The van der Waals surface area contributed by atoms with E-state index >= 15 is 0 Å². The van der Waals surface area contributed by atoms with Gasteiger partial charge in [-0.05, 0) is 23.3 Å². The van der Waals surface area contributed by atoms with E-state index in [9.17, 15) is 8.42 Å². The molecule has 0 atom stereocenters. The summed E-state index contributed by atoms with van der Waals surface area (Å²) in [7, 11) is -3.39. The molecule has 74 valence electrons. The molecule has 0 unspecified atom stereocenters. The minimum absolute atomic E-state index is 0.182. The predicted octanol–water partition coefficient (Wildman–Crippen LogP) is 0.389. The van der Waals surface area contributed by atoms with Crippen LogP contribution in [-0.2, 0) is 9.84 Å². The molecule has 2 rings (SSSR count). The Kier molecular flexibility index (Phi) is 1.87. The highest BCUT2D eigenvalue weighted by molar-refractivity contribution is 7.95. The van der Waals surface area contributed by atoms with E-state index in [2.05, 4.69) is 0 Å². The fourth-order valence-electron chi connectivity index (χ4n) is 1.48. The van der Waals surface area contributed by atoms with Gasteiger partial charge >= 0.3 is 0 Å². The number of rotatable bonds is 1. The van der Waals surface area contributed by atoms with Crippen molar-refractivity contribution >= 4 is 21.1 Å². The summed E-state index contributed by atoms with van der Waals surface area (Å²) in [6.07, 6.45) is 0. The smallest absolute Gasteiger partial charge is 0.200 e. The zero-order valence-electron chi connectivity index (χ0n) is 7.27. The van der Waals surface area contributed by atoms with E-state index < -0.39 is 9.84 Å². The summed E-state index contributed by atoms with van der Waals surface area (Å²) < 4.78 is 23.1. The molecule has 0 saturated heterocycles. The molecule has 4 nitrogen and oxygen atoms in total. The molecule has 1 aromatic carbocycles. The van der Waals surface area contributed by atoms with Crippen LogP contribution in [0.25, 0.3) is 5.57 Å². The quantitative estimate of drug-likeness (QED) is 0.658. The van der Waals surface area contributed by atoms with Gasteiger partial charge in [0.2, 0.25) is 9.84 Å². The van der Waals surface area contributed by atoms with Crippen LogP contribution >= 0.6 is 0 Å². The van der Waals surface area contributed by atoms with Crippen LogP contribution in [-0.4, -0.2) is 20.1 Å². The minimum atomic E-state index is -3.39. The fourth-order valence-corrected chi connectivity index (χ4v) is 2.99. The number of aliphatic hydroxyl groups is 1. The van der Waals surface area contributed by atoms with Crippen LogP contribution in [0.3, 0.4) is 0 Å². The molecule has 0 aliphatic carbocycles. The number of nitrogen functional groups attached to an aromatic ring is 1. The highest BCUT2D eigenvalue weighted by Crippen LogP contribution is 2.33. The Bertz CT molecular complexity index is 517. The van der Waals surface area contributed by atoms with Crippen LogP contribution in [0.2, 0.25) is 0 Å². The number of hydrogen-bond donors (Lipinski definition) is 2. The maximum Gasteiger partial charge on any atom is 0.200 e. The van der Waals surface area contributed by atoms with Gasteiger partial charge in [-0.2, -0.15) is 0 Å². The Morgan fingerprint density at radius 2 is 2.07 bits per heavy atom. The largest absolute Gasteiger partial charge is 0.399 e. The van der Waals surface area contributed by atoms with Crippen LogP contribution in [0, 0.1) is 0 Å². The van der Waals surface area contributed by atoms with Crippen molar-refractivity contribution in [2.75, 3.05) is 12.3 Å². The summed E-state index contributed by atoms with van der Waals surface area (Å²) in [5.74, 6) is 0. The Hall–Kier alpha value is -1.33. The van der Waals surface area contributed by atoms with Gasteiger partial charge in [-0.3, -0.25) is 0 Å². The first-order valence-electron chi connectivity index (χ1n) is 4.01. The van der Waals surface area contributed by atoms with E-state index in [-0.39, 0.29) is 11.5 Å². The number of sulfone groups is 1. The lowest BCUT2D eigenvalue weighted by Crippen LogP contribution is -1.95. The van der Waals surface area contributed by atoms with Crippen molar-refractivity contribution in [3.8, 4) is 0 Å². The molecule has 1 aromatic rings. The molecule has 1 aliphatic rings. The lowest BCUT2D eigenvalue weighted by Gasteiger charge is -2.01. The predicted molar refractivity (Wildman–Crippen MR) is 53.1 cm³/mol. The lowest BCUT2D eigenvalue weighted by molar-refractivity contribution is 0.350. The van der Waals surface area contributed by atoms with Gasteiger partial charge in [0.05, 0.1) is 11.5 Å². The summed E-state index contributed by atoms with van der Waals surface area (Å²) in [6.45, 7) is -0.282. The van der Waals surface area contributed by atoms with Gasteiger partial charge in [0.25, 0.3) is 0 Å². The van der Waals surface area contributed by atoms with Crippen LogP contribution in [0.1, 0.15) is 5.56 Å². The Morgan fingerprint density at radius 1 is 1.36 bits per heavy atom. The van der Waals surface area contributed by atoms with Gasteiger partial charge in [0.1, 0.15) is 0 Å². The number of aliphatic hydroxyl groups excluding tert-OH is 1. The minimum Gasteiger partial charge on any atom is -0.399 e. The van der Waals surface area contributed by atoms with Crippen LogP contribution < -0.4 is 5.73 Å². The van der Waals surface area contributed by atoms with Crippen molar-refractivity contribution in [1.29, 1.82) is 0 Å². The third kappa shape index (κ3) is 1.21. The summed E-state index contributed by atoms with van der Waals surface area (Å²) in [5.41, 5.74) is 6.85. The van der Waals surface area contributed by atoms with Crippen LogP contribution in [0.5, 0.6) is 0 Å². The van der Waals surface area contributed by atoms with Gasteiger partial charge < -0.3 is 10.8 Å². The molecule has 0 aromatic heterocycles. The first-order chi connectivity index (χ1) is 6.54. The second kappa shape index (κ2) is 2.83. The monoisotopic (exact) mass is 211 g/mol. The molecule has 0 saturated carbocycles. The second-order valence-electron chi connectivity index (χ2n) is 3.10. The Labute approximate surface area is 81.6 Å². The highest BCUT2D eigenvalue weighted by atomic mass is 32.2. The molecular formula is C9H9NO3S. The van der Waals surface area contributed by atoms with Crippen molar-refractivity contribution in [1.82, 2.24) is 0 Å². The number of fused-ring (bicyclic) bond motifs is 1. The van der Waals surface area contributed by atoms with Crippen molar-refractivity contribution in [2.45, 2.75) is 4.90 Å². The highest BCUT2D eigenvalue weighted by Gasteiger charge is 2.26. The Morgan fingerprint density at radius 3 is 2.71 bits per heavy atom. The normalized spacial score (nSPS) is 17.6. The summed E-state index contributed by atoms with van der Waals surface area (Å²) in [6, 6.07) is 4.63. The third-order valence-corrected chi connectivity index (χ3v) is 3.67. The Balaban J connectivity index is 2.75. The number of benzene rings is 1. The van der Waals surface area contributed by atoms with Crippen LogP contribution in [0.15, 0.2) is 28.5 Å². The molecule has 0 amide bonds. The van der Waals surface area contributed by atoms with Gasteiger partial charge in [0.15, 0.2) is 0 Å². The van der Waals surface area contributed by atoms with Crippen molar-refractivity contribution in [3.63, 3.8) is 0 Å². The molecule has 3 N–H and O–H groups in total. The van der Waals surface area contributed by atoms with Gasteiger partial charge in [-0.15, -0.1) is 0 Å². The van der Waals surface area contributed by atoms with E-state index in [1.807, 2.05) is 0 Å². The number of hydrogen-bond acceptors (Lipinski definition) is 4. The average molecular weight is 211 g/mol. The molecule has 5 heteroatoms. The SMILES string of the molecule is Nc1ccc2c(c1)S(=O)(=O)C=C2CO. The van der Waals surface area contributed by atoms with Crippen molar-refractivity contribution in [2.24, 2.45) is 0 Å². The summed E-state index contributed by atoms with van der Waals surface area (Å²) >= 11 is 0. The summed E-state index contributed by atoms with van der Waals surface area (Å²) in [5, 5.41) is 10.0. The van der Waals surface area contributed by atoms with Gasteiger partial charge in [0, 0.05) is 11.1 Å². The lowest BCUT2D eigenvalue weighted by atomic mass is 10.1. The van der Waals surface area contributed by atoms with E-state index in [4.69, 9.17) is 10.8 Å². The van der Waals surface area contributed by atoms with Crippen LogP contribution in [0.4, 0.5) is 5.69 Å². The maximum atomic E-state index is 11.5. The fraction of sp³-hybridized carbons (Fsp3) is 0.111. The molecule has 1 aliphatic heterocycles. The third-order valence-electron chi connectivity index (χ3n) is 2.13. The first-order valence-corrected chi connectivity index (χ1v) is 5.55. The second-order valence-corrected chi connectivity index (χ2v) is 4.87. The standard InChI is InChI=1S/C9H9NO3S/c10-7-1-2-8-6(4-11)5-14(12,13)9(8)3-7/h1-3,5,11H,4,10H2.